The second-order valence-electron chi connectivity index (χ2n) is 12.1. The molecule has 0 saturated carbocycles. The first kappa shape index (κ1) is 29.5. The minimum Gasteiger partial charge on any atom is -0.496 e. The first-order valence-corrected chi connectivity index (χ1v) is 14.7. The van der Waals surface area contributed by atoms with Crippen molar-refractivity contribution in [2.75, 3.05) is 38.2 Å². The number of methoxy groups -OCH3 is 1. The number of rotatable bonds is 6. The molecule has 10 nitrogen and oxygen atoms in total. The molecule has 10 heteroatoms. The van der Waals surface area contributed by atoms with Gasteiger partial charge in [0, 0.05) is 62.3 Å². The first-order valence-electron chi connectivity index (χ1n) is 14.7. The summed E-state index contributed by atoms with van der Waals surface area (Å²) in [5.74, 6) is 1.31. The Morgan fingerprint density at radius 2 is 1.64 bits per heavy atom. The number of hydrogen-bond donors (Lipinski definition) is 0. The highest BCUT2D eigenvalue weighted by Gasteiger charge is 2.35. The molecule has 0 aliphatic carbocycles. The van der Waals surface area contributed by atoms with Gasteiger partial charge in [0.15, 0.2) is 0 Å². The molecule has 2 saturated heterocycles. The van der Waals surface area contributed by atoms with Crippen LogP contribution in [0.5, 0.6) is 11.5 Å². The Labute approximate surface area is 247 Å². The van der Waals surface area contributed by atoms with Crippen LogP contribution in [0.25, 0.3) is 0 Å². The summed E-state index contributed by atoms with van der Waals surface area (Å²) in [6, 6.07) is 13.4. The normalized spacial score (nSPS) is 18.3. The van der Waals surface area contributed by atoms with E-state index in [1.807, 2.05) is 68.1 Å². The van der Waals surface area contributed by atoms with E-state index in [0.717, 1.165) is 16.8 Å². The zero-order valence-corrected chi connectivity index (χ0v) is 25.0. The maximum atomic E-state index is 13.2. The Kier molecular flexibility index (Phi) is 8.80. The molecular weight excluding hydrogens is 538 g/mol. The smallest absolute Gasteiger partial charge is 0.414 e. The number of ether oxygens (including phenoxy) is 4. The summed E-state index contributed by atoms with van der Waals surface area (Å²) in [6.45, 7) is 8.17. The lowest BCUT2D eigenvalue weighted by Crippen LogP contribution is -2.50. The standard InChI is InChI=1S/C32H41N3O7/c1-32(2,3)42-30(37)34-17-13-25(14-18-34)41-26-10-9-22(28(20-26)39-4)19-29(36)33-15-11-24(12-16-33)35-27-8-6-5-7-23(27)21-40-31(35)38/h5-10,20,24-25H,11-19,21H2,1-4H3. The van der Waals surface area contributed by atoms with Gasteiger partial charge < -0.3 is 28.7 Å². The number of nitrogens with zero attached hydrogens (tertiary/aromatic N) is 3. The van der Waals surface area contributed by atoms with Crippen LogP contribution in [0.15, 0.2) is 42.5 Å². The number of carbonyl (C=O) groups is 3. The number of para-hydroxylation sites is 1. The lowest BCUT2D eigenvalue weighted by atomic mass is 10.00. The Morgan fingerprint density at radius 1 is 0.952 bits per heavy atom. The maximum absolute atomic E-state index is 13.2. The fourth-order valence-electron chi connectivity index (χ4n) is 5.79. The first-order chi connectivity index (χ1) is 20.1. The van der Waals surface area contributed by atoms with E-state index in [1.165, 1.54) is 0 Å². The van der Waals surface area contributed by atoms with Crippen LogP contribution in [0, 0.1) is 0 Å². The summed E-state index contributed by atoms with van der Waals surface area (Å²) in [7, 11) is 1.59. The Hall–Kier alpha value is -3.95. The molecule has 2 aromatic rings. The molecule has 3 amide bonds. The Balaban J connectivity index is 1.13. The average molecular weight is 580 g/mol. The van der Waals surface area contributed by atoms with Gasteiger partial charge in [-0.05, 0) is 45.7 Å². The molecule has 3 aliphatic heterocycles. The van der Waals surface area contributed by atoms with Crippen molar-refractivity contribution in [2.45, 2.75) is 77.2 Å². The molecule has 0 bridgehead atoms. The van der Waals surface area contributed by atoms with Crippen molar-refractivity contribution in [3.63, 3.8) is 0 Å². The molecule has 0 unspecified atom stereocenters. The van der Waals surface area contributed by atoms with Crippen molar-refractivity contribution in [3.05, 3.63) is 53.6 Å². The van der Waals surface area contributed by atoms with E-state index in [9.17, 15) is 14.4 Å². The monoisotopic (exact) mass is 579 g/mol. The van der Waals surface area contributed by atoms with Crippen LogP contribution >= 0.6 is 0 Å². The average Bonchev–Trinajstić information content (AvgIpc) is 2.97. The van der Waals surface area contributed by atoms with Crippen molar-refractivity contribution < 1.29 is 33.3 Å². The van der Waals surface area contributed by atoms with Crippen LogP contribution in [0.4, 0.5) is 15.3 Å². The van der Waals surface area contributed by atoms with Gasteiger partial charge in [-0.1, -0.05) is 24.3 Å². The van der Waals surface area contributed by atoms with Gasteiger partial charge in [-0.2, -0.15) is 0 Å². The number of piperidine rings is 2. The Morgan fingerprint density at radius 3 is 2.33 bits per heavy atom. The van der Waals surface area contributed by atoms with Gasteiger partial charge in [-0.25, -0.2) is 9.59 Å². The third-order valence-corrected chi connectivity index (χ3v) is 7.98. The third-order valence-electron chi connectivity index (χ3n) is 7.98. The van der Waals surface area contributed by atoms with Crippen LogP contribution in [-0.2, 0) is 27.3 Å². The van der Waals surface area contributed by atoms with Crippen LogP contribution < -0.4 is 14.4 Å². The lowest BCUT2D eigenvalue weighted by molar-refractivity contribution is -0.131. The van der Waals surface area contributed by atoms with Crippen molar-refractivity contribution in [1.82, 2.24) is 9.80 Å². The highest BCUT2D eigenvalue weighted by atomic mass is 16.6. The van der Waals surface area contributed by atoms with Crippen LogP contribution in [0.2, 0.25) is 0 Å². The molecule has 0 N–H and O–H groups in total. The predicted octanol–water partition coefficient (Wildman–Crippen LogP) is 5.16. The topological polar surface area (TPSA) is 97.8 Å². The molecule has 3 heterocycles. The van der Waals surface area contributed by atoms with Crippen LogP contribution in [0.1, 0.15) is 57.6 Å². The number of likely N-dealkylation sites (tertiary alicyclic amines) is 2. The van der Waals surface area contributed by atoms with E-state index >= 15 is 0 Å². The zero-order valence-electron chi connectivity index (χ0n) is 25.0. The van der Waals surface area contributed by atoms with E-state index in [0.29, 0.717) is 70.0 Å². The summed E-state index contributed by atoms with van der Waals surface area (Å²) in [6.07, 6.45) is 2.37. The SMILES string of the molecule is COc1cc(OC2CCN(C(=O)OC(C)(C)C)CC2)ccc1CC(=O)N1CCC(N2C(=O)OCc3ccccc32)CC1. The number of cyclic esters (lactones) is 1. The number of hydrogen-bond acceptors (Lipinski definition) is 7. The summed E-state index contributed by atoms with van der Waals surface area (Å²) < 4.78 is 22.7. The van der Waals surface area contributed by atoms with Crippen molar-refractivity contribution in [1.29, 1.82) is 0 Å². The van der Waals surface area contributed by atoms with Gasteiger partial charge in [0.1, 0.15) is 29.8 Å². The molecule has 0 spiro atoms. The fraction of sp³-hybridized carbons (Fsp3) is 0.531. The summed E-state index contributed by atoms with van der Waals surface area (Å²) in [4.78, 5) is 43.5. The number of anilines is 1. The van der Waals surface area contributed by atoms with Gasteiger partial charge in [-0.15, -0.1) is 0 Å². The van der Waals surface area contributed by atoms with Gasteiger partial charge in [-0.3, -0.25) is 9.69 Å². The molecule has 2 fully saturated rings. The summed E-state index contributed by atoms with van der Waals surface area (Å²) >= 11 is 0. The third kappa shape index (κ3) is 6.91. The van der Waals surface area contributed by atoms with E-state index in [-0.39, 0.29) is 36.7 Å². The minimum atomic E-state index is -0.517. The summed E-state index contributed by atoms with van der Waals surface area (Å²) in [5, 5.41) is 0. The maximum Gasteiger partial charge on any atom is 0.414 e. The number of carbonyl (C=O) groups excluding carboxylic acids is 3. The quantitative estimate of drug-likeness (QED) is 0.466. The van der Waals surface area contributed by atoms with Crippen molar-refractivity contribution in [2.24, 2.45) is 0 Å². The molecule has 0 radical (unpaired) electrons. The lowest BCUT2D eigenvalue weighted by Gasteiger charge is -2.40. The summed E-state index contributed by atoms with van der Waals surface area (Å²) in [5.41, 5.74) is 2.18. The fourth-order valence-corrected chi connectivity index (χ4v) is 5.79. The molecule has 5 rings (SSSR count). The number of amides is 3. The van der Waals surface area contributed by atoms with Gasteiger partial charge in [0.2, 0.25) is 5.91 Å². The number of fused-ring (bicyclic) bond motifs is 1. The molecule has 2 aromatic carbocycles. The van der Waals surface area contributed by atoms with E-state index in [4.69, 9.17) is 18.9 Å². The molecular formula is C32H41N3O7. The van der Waals surface area contributed by atoms with Crippen molar-refractivity contribution >= 4 is 23.8 Å². The van der Waals surface area contributed by atoms with Gasteiger partial charge >= 0.3 is 12.2 Å². The highest BCUT2D eigenvalue weighted by Crippen LogP contribution is 2.33. The van der Waals surface area contributed by atoms with Gasteiger partial charge in [0.05, 0.1) is 19.2 Å². The van der Waals surface area contributed by atoms with E-state index in [1.54, 1.807) is 16.9 Å². The highest BCUT2D eigenvalue weighted by molar-refractivity contribution is 5.91. The molecule has 226 valence electrons. The molecule has 3 aliphatic rings. The van der Waals surface area contributed by atoms with Crippen LogP contribution in [-0.4, -0.2) is 78.9 Å². The molecule has 0 aromatic heterocycles. The Bertz CT molecular complexity index is 1290. The number of benzene rings is 2. The molecule has 42 heavy (non-hydrogen) atoms. The second kappa shape index (κ2) is 12.5. The van der Waals surface area contributed by atoms with E-state index < -0.39 is 5.60 Å². The van der Waals surface area contributed by atoms with Crippen molar-refractivity contribution in [3.8, 4) is 11.5 Å². The van der Waals surface area contributed by atoms with Crippen LogP contribution in [0.3, 0.4) is 0 Å². The predicted molar refractivity (Wildman–Crippen MR) is 157 cm³/mol. The van der Waals surface area contributed by atoms with Gasteiger partial charge in [0.25, 0.3) is 0 Å². The van der Waals surface area contributed by atoms with E-state index in [2.05, 4.69) is 0 Å². The second-order valence-corrected chi connectivity index (χ2v) is 12.1. The zero-order chi connectivity index (χ0) is 29.9. The minimum absolute atomic E-state index is 0.00929. The molecule has 0 atom stereocenters. The largest absolute Gasteiger partial charge is 0.496 e.